The van der Waals surface area contributed by atoms with Gasteiger partial charge in [-0.15, -0.1) is 0 Å². The van der Waals surface area contributed by atoms with Crippen LogP contribution in [0.3, 0.4) is 0 Å². The molecule has 17 heavy (non-hydrogen) atoms. The lowest BCUT2D eigenvalue weighted by atomic mass is 9.89. The third-order valence-corrected chi connectivity index (χ3v) is 3.10. The van der Waals surface area contributed by atoms with Gasteiger partial charge in [-0.05, 0) is 31.9 Å². The Hall–Kier alpha value is -1.58. The summed E-state index contributed by atoms with van der Waals surface area (Å²) in [6.45, 7) is 1.87. The molecule has 0 unspecified atom stereocenters. The molecule has 1 fully saturated rings. The van der Waals surface area contributed by atoms with Gasteiger partial charge in [0.2, 0.25) is 5.91 Å². The van der Waals surface area contributed by atoms with Crippen LogP contribution in [0.4, 0.5) is 0 Å². The van der Waals surface area contributed by atoms with E-state index in [9.17, 15) is 4.79 Å². The summed E-state index contributed by atoms with van der Waals surface area (Å²) in [7, 11) is 0. The molecule has 0 atom stereocenters. The summed E-state index contributed by atoms with van der Waals surface area (Å²) in [5, 5.41) is 3.91. The molecule has 2 rings (SSSR count). The number of hydrogen-bond donors (Lipinski definition) is 1. The molecule has 1 aromatic heterocycles. The zero-order valence-corrected chi connectivity index (χ0v) is 10.1. The Balaban J connectivity index is 1.81. The number of amides is 1. The van der Waals surface area contributed by atoms with Crippen LogP contribution in [0.2, 0.25) is 0 Å². The number of carbonyl (C=O) groups excluding carboxylic acids is 1. The Morgan fingerprint density at radius 2 is 2.18 bits per heavy atom. The van der Waals surface area contributed by atoms with Crippen molar-refractivity contribution in [2.45, 2.75) is 39.0 Å². The summed E-state index contributed by atoms with van der Waals surface area (Å²) in [5.41, 5.74) is 2.58. The average molecular weight is 234 g/mol. The van der Waals surface area contributed by atoms with Crippen LogP contribution >= 0.6 is 0 Å². The van der Waals surface area contributed by atoms with Crippen LogP contribution in [0.5, 0.6) is 0 Å². The highest BCUT2D eigenvalue weighted by Gasteiger charge is 2.20. The smallest absolute Gasteiger partial charge is 0.243 e. The van der Waals surface area contributed by atoms with Crippen molar-refractivity contribution in [3.05, 3.63) is 23.7 Å². The molecule has 0 radical (unpaired) electrons. The van der Waals surface area contributed by atoms with Crippen molar-refractivity contribution in [3.8, 4) is 0 Å². The van der Waals surface area contributed by atoms with Gasteiger partial charge in [-0.1, -0.05) is 19.3 Å². The van der Waals surface area contributed by atoms with Crippen LogP contribution in [0, 0.1) is 12.8 Å². The first-order valence-electron chi connectivity index (χ1n) is 6.15. The SMILES string of the molecule is Cc1ccc(C=NNC(=O)C2CCCCC2)o1. The van der Waals surface area contributed by atoms with Gasteiger partial charge in [0.25, 0.3) is 0 Å². The molecular formula is C13H18N2O2. The predicted octanol–water partition coefficient (Wildman–Crippen LogP) is 2.62. The van der Waals surface area contributed by atoms with E-state index in [0.29, 0.717) is 5.76 Å². The van der Waals surface area contributed by atoms with Crippen LogP contribution in [-0.4, -0.2) is 12.1 Å². The molecule has 1 aliphatic rings. The Bertz CT molecular complexity index is 403. The molecule has 1 N–H and O–H groups in total. The Morgan fingerprint density at radius 1 is 1.41 bits per heavy atom. The van der Waals surface area contributed by atoms with Gasteiger partial charge in [0.15, 0.2) is 0 Å². The zero-order chi connectivity index (χ0) is 12.1. The van der Waals surface area contributed by atoms with Gasteiger partial charge < -0.3 is 4.42 Å². The first-order valence-corrected chi connectivity index (χ1v) is 6.15. The molecule has 0 bridgehead atoms. The minimum atomic E-state index is 0.0317. The number of carbonyl (C=O) groups is 1. The normalized spacial score (nSPS) is 17.5. The van der Waals surface area contributed by atoms with Crippen molar-refractivity contribution >= 4 is 12.1 Å². The monoisotopic (exact) mass is 234 g/mol. The van der Waals surface area contributed by atoms with Gasteiger partial charge in [0.05, 0.1) is 6.21 Å². The number of hydrogen-bond acceptors (Lipinski definition) is 3. The molecular weight excluding hydrogens is 216 g/mol. The van der Waals surface area contributed by atoms with Crippen molar-refractivity contribution in [1.29, 1.82) is 0 Å². The second-order valence-electron chi connectivity index (χ2n) is 4.52. The fourth-order valence-corrected chi connectivity index (χ4v) is 2.14. The Morgan fingerprint density at radius 3 is 2.82 bits per heavy atom. The fraction of sp³-hybridized carbons (Fsp3) is 0.538. The zero-order valence-electron chi connectivity index (χ0n) is 10.1. The van der Waals surface area contributed by atoms with Crippen LogP contribution in [0.25, 0.3) is 0 Å². The number of nitrogens with zero attached hydrogens (tertiary/aromatic N) is 1. The van der Waals surface area contributed by atoms with Crippen molar-refractivity contribution in [2.24, 2.45) is 11.0 Å². The number of furan rings is 1. The summed E-state index contributed by atoms with van der Waals surface area (Å²) < 4.78 is 5.31. The van der Waals surface area contributed by atoms with Crippen LogP contribution < -0.4 is 5.43 Å². The molecule has 1 aromatic rings. The number of aryl methyl sites for hydroxylation is 1. The molecule has 4 heteroatoms. The van der Waals surface area contributed by atoms with Gasteiger partial charge in [-0.2, -0.15) is 5.10 Å². The Kier molecular flexibility index (Phi) is 3.96. The van der Waals surface area contributed by atoms with Crippen molar-refractivity contribution in [2.75, 3.05) is 0 Å². The summed E-state index contributed by atoms with van der Waals surface area (Å²) in [4.78, 5) is 11.7. The van der Waals surface area contributed by atoms with Gasteiger partial charge in [-0.25, -0.2) is 5.43 Å². The highest BCUT2D eigenvalue weighted by atomic mass is 16.3. The standard InChI is InChI=1S/C13H18N2O2/c1-10-7-8-12(17-10)9-14-15-13(16)11-5-3-2-4-6-11/h7-9,11H,2-6H2,1H3,(H,15,16). The summed E-state index contributed by atoms with van der Waals surface area (Å²) >= 11 is 0. The minimum absolute atomic E-state index is 0.0317. The second kappa shape index (κ2) is 5.66. The van der Waals surface area contributed by atoms with E-state index in [2.05, 4.69) is 10.5 Å². The molecule has 1 heterocycles. The molecule has 1 amide bonds. The number of nitrogens with one attached hydrogen (secondary N) is 1. The highest BCUT2D eigenvalue weighted by Crippen LogP contribution is 2.23. The molecule has 0 spiro atoms. The quantitative estimate of drug-likeness (QED) is 0.645. The highest BCUT2D eigenvalue weighted by molar-refractivity contribution is 5.81. The van der Waals surface area contributed by atoms with Crippen molar-refractivity contribution in [1.82, 2.24) is 5.43 Å². The van der Waals surface area contributed by atoms with Gasteiger partial charge in [0.1, 0.15) is 11.5 Å². The topological polar surface area (TPSA) is 54.6 Å². The molecule has 1 aliphatic carbocycles. The molecule has 92 valence electrons. The van der Waals surface area contributed by atoms with E-state index >= 15 is 0 Å². The fourth-order valence-electron chi connectivity index (χ4n) is 2.14. The molecule has 0 aromatic carbocycles. The average Bonchev–Trinajstić information content (AvgIpc) is 2.76. The molecule has 0 aliphatic heterocycles. The first-order chi connectivity index (χ1) is 8.25. The van der Waals surface area contributed by atoms with Gasteiger partial charge >= 0.3 is 0 Å². The maximum absolute atomic E-state index is 11.7. The lowest BCUT2D eigenvalue weighted by Gasteiger charge is -2.19. The third-order valence-electron chi connectivity index (χ3n) is 3.10. The minimum Gasteiger partial charge on any atom is -0.460 e. The summed E-state index contributed by atoms with van der Waals surface area (Å²) in [6.07, 6.45) is 7.06. The van der Waals surface area contributed by atoms with E-state index in [-0.39, 0.29) is 11.8 Å². The van der Waals surface area contributed by atoms with E-state index in [4.69, 9.17) is 4.42 Å². The van der Waals surface area contributed by atoms with Crippen LogP contribution in [0.15, 0.2) is 21.7 Å². The van der Waals surface area contributed by atoms with E-state index < -0.39 is 0 Å². The van der Waals surface area contributed by atoms with Gasteiger partial charge in [-0.3, -0.25) is 4.79 Å². The lowest BCUT2D eigenvalue weighted by Crippen LogP contribution is -2.28. The maximum atomic E-state index is 11.7. The number of hydrazone groups is 1. The predicted molar refractivity (Wildman–Crippen MR) is 65.8 cm³/mol. The van der Waals surface area contributed by atoms with Crippen LogP contribution in [-0.2, 0) is 4.79 Å². The van der Waals surface area contributed by atoms with Crippen molar-refractivity contribution < 1.29 is 9.21 Å². The summed E-state index contributed by atoms with van der Waals surface area (Å²) in [6, 6.07) is 3.69. The van der Waals surface area contributed by atoms with E-state index in [1.807, 2.05) is 19.1 Å². The lowest BCUT2D eigenvalue weighted by molar-refractivity contribution is -0.125. The van der Waals surface area contributed by atoms with Crippen LogP contribution in [0.1, 0.15) is 43.6 Å². The maximum Gasteiger partial charge on any atom is 0.243 e. The summed E-state index contributed by atoms with van der Waals surface area (Å²) in [5.74, 6) is 1.67. The molecule has 4 nitrogen and oxygen atoms in total. The second-order valence-corrected chi connectivity index (χ2v) is 4.52. The molecule has 1 saturated carbocycles. The largest absolute Gasteiger partial charge is 0.460 e. The number of rotatable bonds is 3. The van der Waals surface area contributed by atoms with E-state index in [1.165, 1.54) is 12.6 Å². The van der Waals surface area contributed by atoms with E-state index in [1.54, 1.807) is 0 Å². The third kappa shape index (κ3) is 3.44. The van der Waals surface area contributed by atoms with E-state index in [0.717, 1.165) is 31.4 Å². The molecule has 0 saturated heterocycles. The van der Waals surface area contributed by atoms with Crippen molar-refractivity contribution in [3.63, 3.8) is 0 Å². The first kappa shape index (κ1) is 11.9. The Labute approximate surface area is 101 Å². The van der Waals surface area contributed by atoms with Gasteiger partial charge in [0, 0.05) is 5.92 Å².